The van der Waals surface area contributed by atoms with Crippen molar-refractivity contribution >= 4 is 22.6 Å². The molecular formula is C10H11IO. The molecule has 1 aromatic rings. The molecule has 2 rings (SSSR count). The summed E-state index contributed by atoms with van der Waals surface area (Å²) >= 11 is 2.35. The minimum absolute atomic E-state index is 0.183. The van der Waals surface area contributed by atoms with Crippen LogP contribution in [0.25, 0.3) is 0 Å². The molecule has 0 saturated heterocycles. The van der Waals surface area contributed by atoms with Gasteiger partial charge in [0.05, 0.1) is 6.61 Å². The molecule has 0 amide bonds. The standard InChI is InChI=1S/C10H11IO/c11-9-3-1-2-8(6-12)10(9)7-4-5-7/h1-3,7,12H,4-6H2. The fourth-order valence-electron chi connectivity index (χ4n) is 1.55. The molecule has 0 heterocycles. The number of hydrogen-bond acceptors (Lipinski definition) is 1. The van der Waals surface area contributed by atoms with Crippen LogP contribution in [0.1, 0.15) is 29.9 Å². The van der Waals surface area contributed by atoms with Gasteiger partial charge in [0.1, 0.15) is 0 Å². The Morgan fingerprint density at radius 3 is 2.75 bits per heavy atom. The summed E-state index contributed by atoms with van der Waals surface area (Å²) in [6, 6.07) is 6.16. The van der Waals surface area contributed by atoms with Crippen LogP contribution in [0.2, 0.25) is 0 Å². The largest absolute Gasteiger partial charge is 0.392 e. The van der Waals surface area contributed by atoms with E-state index >= 15 is 0 Å². The number of halogens is 1. The highest BCUT2D eigenvalue weighted by molar-refractivity contribution is 14.1. The molecule has 1 nitrogen and oxygen atoms in total. The SMILES string of the molecule is OCc1cccc(I)c1C1CC1. The molecular weight excluding hydrogens is 263 g/mol. The van der Waals surface area contributed by atoms with Gasteiger partial charge < -0.3 is 5.11 Å². The Labute approximate surface area is 85.9 Å². The quantitative estimate of drug-likeness (QED) is 0.822. The lowest BCUT2D eigenvalue weighted by Gasteiger charge is -2.07. The Balaban J connectivity index is 2.45. The summed E-state index contributed by atoms with van der Waals surface area (Å²) < 4.78 is 1.31. The lowest BCUT2D eigenvalue weighted by molar-refractivity contribution is 0.280. The van der Waals surface area contributed by atoms with Gasteiger partial charge in [0.15, 0.2) is 0 Å². The van der Waals surface area contributed by atoms with Crippen molar-refractivity contribution in [1.29, 1.82) is 0 Å². The van der Waals surface area contributed by atoms with Crippen LogP contribution in [-0.2, 0) is 6.61 Å². The predicted octanol–water partition coefficient (Wildman–Crippen LogP) is 2.66. The van der Waals surface area contributed by atoms with E-state index < -0.39 is 0 Å². The summed E-state index contributed by atoms with van der Waals surface area (Å²) in [6.45, 7) is 0.183. The lowest BCUT2D eigenvalue weighted by atomic mass is 10.0. The zero-order valence-electron chi connectivity index (χ0n) is 6.76. The van der Waals surface area contributed by atoms with Crippen molar-refractivity contribution in [2.24, 2.45) is 0 Å². The van der Waals surface area contributed by atoms with Gasteiger partial charge in [0, 0.05) is 3.57 Å². The van der Waals surface area contributed by atoms with Crippen LogP contribution in [0.4, 0.5) is 0 Å². The molecule has 1 aliphatic rings. The van der Waals surface area contributed by atoms with Gasteiger partial charge in [-0.05, 0) is 58.5 Å². The average molecular weight is 274 g/mol. The highest BCUT2D eigenvalue weighted by Crippen LogP contribution is 2.43. The predicted molar refractivity (Wildman–Crippen MR) is 57.1 cm³/mol. The molecule has 0 atom stereocenters. The molecule has 1 aromatic carbocycles. The molecule has 0 bridgehead atoms. The van der Waals surface area contributed by atoms with Gasteiger partial charge in [-0.3, -0.25) is 0 Å². The first-order valence-electron chi connectivity index (χ1n) is 4.21. The van der Waals surface area contributed by atoms with Crippen LogP contribution in [0.3, 0.4) is 0 Å². The zero-order chi connectivity index (χ0) is 8.55. The third-order valence-electron chi connectivity index (χ3n) is 2.30. The number of rotatable bonds is 2. The number of hydrogen-bond donors (Lipinski definition) is 1. The Bertz CT molecular complexity index is 292. The van der Waals surface area contributed by atoms with Crippen molar-refractivity contribution in [3.8, 4) is 0 Å². The van der Waals surface area contributed by atoms with Crippen molar-refractivity contribution in [2.45, 2.75) is 25.4 Å². The second-order valence-electron chi connectivity index (χ2n) is 3.25. The minimum Gasteiger partial charge on any atom is -0.392 e. The topological polar surface area (TPSA) is 20.2 Å². The highest BCUT2D eigenvalue weighted by Gasteiger charge is 2.27. The van der Waals surface area contributed by atoms with Crippen LogP contribution in [0.15, 0.2) is 18.2 Å². The van der Waals surface area contributed by atoms with Crippen LogP contribution < -0.4 is 0 Å². The molecule has 0 unspecified atom stereocenters. The lowest BCUT2D eigenvalue weighted by Crippen LogP contribution is -1.94. The molecule has 0 aromatic heterocycles. The van der Waals surface area contributed by atoms with E-state index in [1.807, 2.05) is 12.1 Å². The molecule has 0 radical (unpaired) electrons. The van der Waals surface area contributed by atoms with Crippen molar-refractivity contribution in [1.82, 2.24) is 0 Å². The van der Waals surface area contributed by atoms with E-state index in [4.69, 9.17) is 5.11 Å². The van der Waals surface area contributed by atoms with Gasteiger partial charge >= 0.3 is 0 Å². The molecule has 12 heavy (non-hydrogen) atoms. The highest BCUT2D eigenvalue weighted by atomic mass is 127. The van der Waals surface area contributed by atoms with Gasteiger partial charge in [0.2, 0.25) is 0 Å². The van der Waals surface area contributed by atoms with Crippen molar-refractivity contribution in [3.63, 3.8) is 0 Å². The minimum atomic E-state index is 0.183. The van der Waals surface area contributed by atoms with Gasteiger partial charge in [0.25, 0.3) is 0 Å². The number of aliphatic hydroxyl groups excluding tert-OH is 1. The second-order valence-corrected chi connectivity index (χ2v) is 4.41. The summed E-state index contributed by atoms with van der Waals surface area (Å²) in [5, 5.41) is 9.12. The van der Waals surface area contributed by atoms with Crippen LogP contribution in [0.5, 0.6) is 0 Å². The molecule has 1 aliphatic carbocycles. The van der Waals surface area contributed by atoms with E-state index in [2.05, 4.69) is 28.7 Å². The molecule has 1 N–H and O–H groups in total. The van der Waals surface area contributed by atoms with Crippen LogP contribution in [-0.4, -0.2) is 5.11 Å². The van der Waals surface area contributed by atoms with Gasteiger partial charge in [-0.1, -0.05) is 12.1 Å². The van der Waals surface area contributed by atoms with Crippen LogP contribution >= 0.6 is 22.6 Å². The fraction of sp³-hybridized carbons (Fsp3) is 0.400. The maximum absolute atomic E-state index is 9.12. The monoisotopic (exact) mass is 274 g/mol. The first-order chi connectivity index (χ1) is 5.83. The number of benzene rings is 1. The molecule has 2 heteroatoms. The third-order valence-corrected chi connectivity index (χ3v) is 3.24. The van der Waals surface area contributed by atoms with Crippen molar-refractivity contribution < 1.29 is 5.11 Å². The van der Waals surface area contributed by atoms with E-state index in [0.29, 0.717) is 0 Å². The third kappa shape index (κ3) is 1.50. The molecule has 0 spiro atoms. The van der Waals surface area contributed by atoms with E-state index in [0.717, 1.165) is 11.5 Å². The summed E-state index contributed by atoms with van der Waals surface area (Å²) in [5.74, 6) is 0.736. The summed E-state index contributed by atoms with van der Waals surface area (Å²) in [4.78, 5) is 0. The Morgan fingerprint density at radius 2 is 2.17 bits per heavy atom. The molecule has 0 aliphatic heterocycles. The number of aliphatic hydroxyl groups is 1. The maximum Gasteiger partial charge on any atom is 0.0685 e. The summed E-state index contributed by atoms with van der Waals surface area (Å²) in [6.07, 6.45) is 2.60. The molecule has 1 fully saturated rings. The normalized spacial score (nSPS) is 16.5. The van der Waals surface area contributed by atoms with Gasteiger partial charge in [-0.25, -0.2) is 0 Å². The Kier molecular flexibility index (Phi) is 2.37. The van der Waals surface area contributed by atoms with E-state index in [9.17, 15) is 0 Å². The second kappa shape index (κ2) is 3.34. The first-order valence-corrected chi connectivity index (χ1v) is 5.29. The molecule has 1 saturated carbocycles. The summed E-state index contributed by atoms with van der Waals surface area (Å²) in [5.41, 5.74) is 2.50. The fourth-order valence-corrected chi connectivity index (χ4v) is 2.54. The van der Waals surface area contributed by atoms with E-state index in [1.54, 1.807) is 0 Å². The summed E-state index contributed by atoms with van der Waals surface area (Å²) in [7, 11) is 0. The van der Waals surface area contributed by atoms with Crippen molar-refractivity contribution in [2.75, 3.05) is 0 Å². The van der Waals surface area contributed by atoms with E-state index in [-0.39, 0.29) is 6.61 Å². The van der Waals surface area contributed by atoms with E-state index in [1.165, 1.54) is 22.0 Å². The smallest absolute Gasteiger partial charge is 0.0685 e. The molecule has 64 valence electrons. The zero-order valence-corrected chi connectivity index (χ0v) is 8.91. The van der Waals surface area contributed by atoms with Gasteiger partial charge in [-0.2, -0.15) is 0 Å². The van der Waals surface area contributed by atoms with Gasteiger partial charge in [-0.15, -0.1) is 0 Å². The average Bonchev–Trinajstić information content (AvgIpc) is 2.87. The van der Waals surface area contributed by atoms with Crippen LogP contribution in [0, 0.1) is 3.57 Å². The Morgan fingerprint density at radius 1 is 1.42 bits per heavy atom. The maximum atomic E-state index is 9.12. The van der Waals surface area contributed by atoms with Crippen molar-refractivity contribution in [3.05, 3.63) is 32.9 Å². The Hall–Kier alpha value is -0.0900. The first kappa shape index (κ1) is 8.51.